The molecule has 0 spiro atoms. The van der Waals surface area contributed by atoms with E-state index in [1.54, 1.807) is 19.0 Å². The molecule has 0 saturated carbocycles. The van der Waals surface area contributed by atoms with Crippen LogP contribution in [0.1, 0.15) is 34.1 Å². The Hall–Kier alpha value is -0.100. The van der Waals surface area contributed by atoms with Gasteiger partial charge in [-0.3, -0.25) is 4.79 Å². The third kappa shape index (κ3) is 4.61. The van der Waals surface area contributed by atoms with Crippen LogP contribution in [0.3, 0.4) is 0 Å². The maximum atomic E-state index is 11.8. The normalized spacial score (nSPS) is 12.8. The van der Waals surface area contributed by atoms with Crippen molar-refractivity contribution < 1.29 is 4.79 Å². The molecule has 0 saturated heterocycles. The molecule has 0 aliphatic carbocycles. The molecule has 0 fully saturated rings. The third-order valence-electron chi connectivity index (χ3n) is 1.88. The fourth-order valence-corrected chi connectivity index (χ4v) is 2.33. The lowest BCUT2D eigenvalue weighted by molar-refractivity contribution is -0.138. The van der Waals surface area contributed by atoms with E-state index in [1.165, 1.54) is 0 Å². The molecule has 0 bridgehead atoms. The summed E-state index contributed by atoms with van der Waals surface area (Å²) in [6.45, 7) is 8.26. The summed E-state index contributed by atoms with van der Waals surface area (Å²) >= 11 is 0. The number of rotatable bonds is 3. The van der Waals surface area contributed by atoms with Gasteiger partial charge in [-0.05, 0) is 11.6 Å². The lowest BCUT2D eigenvalue weighted by atomic mass is 9.82. The van der Waals surface area contributed by atoms with E-state index < -0.39 is 0 Å². The standard InChI is InChI=1S/C10H22NOP/c1-9(2,7-10(3,4)13)8(12)11(5)6/h7,13H2,1-6H3. The van der Waals surface area contributed by atoms with E-state index in [9.17, 15) is 4.79 Å². The van der Waals surface area contributed by atoms with Crippen LogP contribution in [0.2, 0.25) is 0 Å². The van der Waals surface area contributed by atoms with Crippen molar-refractivity contribution in [2.45, 2.75) is 39.3 Å². The van der Waals surface area contributed by atoms with Gasteiger partial charge in [0.1, 0.15) is 0 Å². The van der Waals surface area contributed by atoms with E-state index >= 15 is 0 Å². The summed E-state index contributed by atoms with van der Waals surface area (Å²) in [5, 5.41) is 0.120. The summed E-state index contributed by atoms with van der Waals surface area (Å²) in [6, 6.07) is 0. The van der Waals surface area contributed by atoms with Crippen molar-refractivity contribution in [1.29, 1.82) is 0 Å². The number of carbonyl (C=O) groups is 1. The van der Waals surface area contributed by atoms with Crippen molar-refractivity contribution in [3.05, 3.63) is 0 Å². The maximum Gasteiger partial charge on any atom is 0.227 e. The molecule has 0 aliphatic heterocycles. The molecule has 1 atom stereocenters. The van der Waals surface area contributed by atoms with Crippen molar-refractivity contribution in [1.82, 2.24) is 4.90 Å². The predicted molar refractivity (Wildman–Crippen MR) is 60.9 cm³/mol. The molecule has 1 unspecified atom stereocenters. The zero-order chi connectivity index (χ0) is 10.9. The molecule has 3 heteroatoms. The first-order valence-corrected chi connectivity index (χ1v) is 5.15. The number of carbonyl (C=O) groups excluding carboxylic acids is 1. The second-order valence-corrected chi connectivity index (χ2v) is 6.81. The van der Waals surface area contributed by atoms with E-state index in [4.69, 9.17) is 0 Å². The number of amides is 1. The molecule has 0 heterocycles. The summed E-state index contributed by atoms with van der Waals surface area (Å²) in [7, 11) is 6.40. The molecule has 0 N–H and O–H groups in total. The molecule has 1 amide bonds. The van der Waals surface area contributed by atoms with Gasteiger partial charge in [-0.25, -0.2) is 0 Å². The summed E-state index contributed by atoms with van der Waals surface area (Å²) in [4.78, 5) is 13.4. The van der Waals surface area contributed by atoms with E-state index in [-0.39, 0.29) is 16.5 Å². The lowest BCUT2D eigenvalue weighted by Gasteiger charge is -2.33. The number of hydrogen-bond acceptors (Lipinski definition) is 1. The summed E-state index contributed by atoms with van der Waals surface area (Å²) in [5.41, 5.74) is -0.269. The minimum atomic E-state index is -0.269. The monoisotopic (exact) mass is 203 g/mol. The fourth-order valence-electron chi connectivity index (χ4n) is 1.82. The quantitative estimate of drug-likeness (QED) is 0.643. The smallest absolute Gasteiger partial charge is 0.227 e. The van der Waals surface area contributed by atoms with Crippen LogP contribution in [0.5, 0.6) is 0 Å². The zero-order valence-electron chi connectivity index (χ0n) is 9.64. The summed E-state index contributed by atoms with van der Waals surface area (Å²) in [6.07, 6.45) is 0.877. The Morgan fingerprint density at radius 3 is 1.85 bits per heavy atom. The van der Waals surface area contributed by atoms with E-state index in [2.05, 4.69) is 23.1 Å². The molecule has 13 heavy (non-hydrogen) atoms. The van der Waals surface area contributed by atoms with Gasteiger partial charge in [0.15, 0.2) is 0 Å². The molecule has 0 aromatic carbocycles. The largest absolute Gasteiger partial charge is 0.348 e. The molecule has 0 rings (SSSR count). The van der Waals surface area contributed by atoms with Gasteiger partial charge in [-0.15, -0.1) is 9.24 Å². The van der Waals surface area contributed by atoms with Gasteiger partial charge in [0.25, 0.3) is 0 Å². The molecule has 0 aromatic heterocycles. The van der Waals surface area contributed by atoms with Gasteiger partial charge in [0, 0.05) is 19.5 Å². The van der Waals surface area contributed by atoms with Crippen molar-refractivity contribution in [3.8, 4) is 0 Å². The third-order valence-corrected chi connectivity index (χ3v) is 2.09. The van der Waals surface area contributed by atoms with E-state index in [0.717, 1.165) is 6.42 Å². The second-order valence-electron chi connectivity index (χ2n) is 5.25. The molecular formula is C10H22NOP. The first kappa shape index (κ1) is 12.9. The summed E-state index contributed by atoms with van der Waals surface area (Å²) < 4.78 is 0. The Bertz CT molecular complexity index is 192. The van der Waals surface area contributed by atoms with Crippen LogP contribution < -0.4 is 0 Å². The van der Waals surface area contributed by atoms with Gasteiger partial charge in [-0.1, -0.05) is 27.7 Å². The molecule has 0 aliphatic rings. The average molecular weight is 203 g/mol. The van der Waals surface area contributed by atoms with Gasteiger partial charge < -0.3 is 4.90 Å². The van der Waals surface area contributed by atoms with Crippen LogP contribution in [0.4, 0.5) is 0 Å². The topological polar surface area (TPSA) is 20.3 Å². The van der Waals surface area contributed by atoms with Gasteiger partial charge in [-0.2, -0.15) is 0 Å². The van der Waals surface area contributed by atoms with Crippen LogP contribution in [-0.2, 0) is 4.79 Å². The SMILES string of the molecule is CN(C)C(=O)C(C)(C)CC(C)(C)P. The van der Waals surface area contributed by atoms with Crippen LogP contribution in [-0.4, -0.2) is 30.1 Å². The molecule has 0 aromatic rings. The Morgan fingerprint density at radius 2 is 1.62 bits per heavy atom. The predicted octanol–water partition coefficient (Wildman–Crippen LogP) is 2.14. The highest BCUT2D eigenvalue weighted by Gasteiger charge is 2.33. The fraction of sp³-hybridized carbons (Fsp3) is 0.900. The Morgan fingerprint density at radius 1 is 1.23 bits per heavy atom. The maximum absolute atomic E-state index is 11.8. The molecule has 2 nitrogen and oxygen atoms in total. The Kier molecular flexibility index (Phi) is 3.93. The Balaban J connectivity index is 4.49. The van der Waals surface area contributed by atoms with Crippen LogP contribution in [0.25, 0.3) is 0 Å². The number of nitrogens with zero attached hydrogens (tertiary/aromatic N) is 1. The molecule has 78 valence electrons. The minimum Gasteiger partial charge on any atom is -0.348 e. The zero-order valence-corrected chi connectivity index (χ0v) is 10.8. The van der Waals surface area contributed by atoms with Crippen molar-refractivity contribution in [2.75, 3.05) is 14.1 Å². The van der Waals surface area contributed by atoms with Gasteiger partial charge in [0.2, 0.25) is 5.91 Å². The van der Waals surface area contributed by atoms with Crippen molar-refractivity contribution >= 4 is 15.1 Å². The number of hydrogen-bond donors (Lipinski definition) is 0. The summed E-state index contributed by atoms with van der Waals surface area (Å²) in [5.74, 6) is 0.197. The average Bonchev–Trinajstić information content (AvgIpc) is 1.80. The minimum absolute atomic E-state index is 0.120. The van der Waals surface area contributed by atoms with Crippen LogP contribution in [0.15, 0.2) is 0 Å². The van der Waals surface area contributed by atoms with Crippen LogP contribution >= 0.6 is 9.24 Å². The highest BCUT2D eigenvalue weighted by molar-refractivity contribution is 7.18. The molecule has 0 radical (unpaired) electrons. The molecular weight excluding hydrogens is 181 g/mol. The van der Waals surface area contributed by atoms with Gasteiger partial charge in [0.05, 0.1) is 0 Å². The highest BCUT2D eigenvalue weighted by atomic mass is 31.0. The Labute approximate surface area is 84.3 Å². The highest BCUT2D eigenvalue weighted by Crippen LogP contribution is 2.34. The van der Waals surface area contributed by atoms with Crippen molar-refractivity contribution in [2.24, 2.45) is 5.41 Å². The lowest BCUT2D eigenvalue weighted by Crippen LogP contribution is -2.39. The van der Waals surface area contributed by atoms with Crippen molar-refractivity contribution in [3.63, 3.8) is 0 Å². The second kappa shape index (κ2) is 3.96. The first-order chi connectivity index (χ1) is 5.56. The van der Waals surface area contributed by atoms with E-state index in [1.807, 2.05) is 13.8 Å². The van der Waals surface area contributed by atoms with Gasteiger partial charge >= 0.3 is 0 Å². The van der Waals surface area contributed by atoms with E-state index in [0.29, 0.717) is 0 Å². The van der Waals surface area contributed by atoms with Crippen LogP contribution in [0, 0.1) is 5.41 Å². The first-order valence-electron chi connectivity index (χ1n) is 4.57.